The summed E-state index contributed by atoms with van der Waals surface area (Å²) in [6, 6.07) is 7.65. The molecule has 6 aliphatic carbocycles. The minimum atomic E-state index is -0.670. The predicted octanol–water partition coefficient (Wildman–Crippen LogP) is 8.72. The molecule has 1 aromatic heterocycles. The number of hydrogen-bond donors (Lipinski definition) is 1. The second-order valence-electron chi connectivity index (χ2n) is 28.3. The summed E-state index contributed by atoms with van der Waals surface area (Å²) >= 11 is 0. The van der Waals surface area contributed by atoms with E-state index in [0.29, 0.717) is 114 Å². The first-order valence-electron chi connectivity index (χ1n) is 30.2. The molecule has 10 fully saturated rings. The van der Waals surface area contributed by atoms with Crippen LogP contribution in [-0.4, -0.2) is 147 Å². The highest BCUT2D eigenvalue weighted by Gasteiger charge is 2.69. The highest BCUT2D eigenvalue weighted by atomic mass is 16.7. The number of aliphatic hydroxyl groups excluding tert-OH is 1. The molecule has 21 nitrogen and oxygen atoms in total. The summed E-state index contributed by atoms with van der Waals surface area (Å²) in [6.07, 6.45) is 8.51. The molecule has 13 rings (SSSR count). The van der Waals surface area contributed by atoms with Crippen molar-refractivity contribution < 1.29 is 61.8 Å². The molecule has 0 unspecified atom stereocenters. The first-order valence-corrected chi connectivity index (χ1v) is 30.2. The van der Waals surface area contributed by atoms with Crippen LogP contribution in [0.1, 0.15) is 157 Å². The van der Waals surface area contributed by atoms with Gasteiger partial charge in [0, 0.05) is 4.91 Å². The van der Waals surface area contributed by atoms with Crippen LogP contribution in [0.4, 0.5) is 0 Å². The van der Waals surface area contributed by atoms with Crippen molar-refractivity contribution in [1.29, 1.82) is 0 Å². The lowest BCUT2D eigenvalue weighted by molar-refractivity contribution is -0.199. The van der Waals surface area contributed by atoms with E-state index in [1.165, 1.54) is 23.7 Å². The summed E-state index contributed by atoms with van der Waals surface area (Å²) < 4.78 is 51.5. The number of aliphatic hydroxyl groups is 1. The van der Waals surface area contributed by atoms with Gasteiger partial charge >= 0.3 is 26.2 Å². The fraction of sp³-hybridized carbons (Fsp3) is 0.705. The number of carbonyl (C=O) groups is 4. The third-order valence-electron chi connectivity index (χ3n) is 20.0. The van der Waals surface area contributed by atoms with Gasteiger partial charge in [-0.2, -0.15) is 0 Å². The van der Waals surface area contributed by atoms with Crippen molar-refractivity contribution in [2.75, 3.05) is 32.7 Å². The summed E-state index contributed by atoms with van der Waals surface area (Å²) in [7, 11) is -0.542. The molecule has 23 heteroatoms. The summed E-state index contributed by atoms with van der Waals surface area (Å²) in [5.41, 5.74) is 12.2. The first kappa shape index (κ1) is 61.4. The van der Waals surface area contributed by atoms with Crippen LogP contribution in [0.15, 0.2) is 35.6 Å². The fourth-order valence-electron chi connectivity index (χ4n) is 14.8. The summed E-state index contributed by atoms with van der Waals surface area (Å²) in [4.78, 5) is 57.5. The highest BCUT2D eigenvalue weighted by molar-refractivity contribution is 6.45. The number of benzene rings is 2. The number of likely N-dealkylation sites (tertiary alicyclic amines) is 2. The Kier molecular flexibility index (Phi) is 16.7. The Morgan fingerprint density at radius 3 is 1.55 bits per heavy atom. The molecule has 2 amide bonds. The van der Waals surface area contributed by atoms with Gasteiger partial charge in [-0.15, -0.1) is 5.10 Å². The maximum atomic E-state index is 13.5. The Hall–Kier alpha value is -5.70. The van der Waals surface area contributed by atoms with Crippen molar-refractivity contribution in [2.45, 2.75) is 208 Å². The molecule has 454 valence electrons. The Bertz CT molecular complexity index is 3070. The number of azide groups is 1. The molecule has 1 N–H and O–H groups in total. The summed E-state index contributed by atoms with van der Waals surface area (Å²) in [6.45, 7) is 29.8. The zero-order chi connectivity index (χ0) is 60.6. The zero-order valence-electron chi connectivity index (χ0n) is 51.7. The number of nitrogens with zero attached hydrogens (tertiary/aromatic N) is 8. The van der Waals surface area contributed by atoms with Crippen molar-refractivity contribution in [2.24, 2.45) is 39.6 Å². The number of hydrogen-bond acceptors (Lipinski definition) is 16. The van der Waals surface area contributed by atoms with E-state index in [1.807, 2.05) is 79.7 Å². The topological polar surface area (TPSA) is 248 Å². The van der Waals surface area contributed by atoms with E-state index < -0.39 is 23.1 Å². The Morgan fingerprint density at radius 2 is 1.14 bits per heavy atom. The normalized spacial score (nSPS) is 28.0. The standard InChI is InChI=1S/C32H45BN4O7.C29H41BN4O6/c1-19-20(10-11-33-43-26-13-21-12-25(31(21,5)6)32(26,7)44-33)8-9-24(28(19)29(40)42-30(2,3)4)41-23-15-36(16-23)27(39)17-37-22(18-38)14-34-35-37;1-17-18(10-11-30-39-23-13-19-12-22(28(19,5)6)29(23,7)40-30)8-9-21(25(17)26(36)38-27(2,3)4)37-20-15-34(16-20)24(35)14-32-33-31/h8-9,14,21,23,25-26,38H,10-13,15-18H2,1-7H3;8-9,19-20,22-23H,10-16H2,1-7H3/t21-,25-,26+,32-;19-,22-,23+,29-/m00/s1. The maximum absolute atomic E-state index is 13.5. The largest absolute Gasteiger partial charge is 0.486 e. The SMILES string of the molecule is Cc1c(CCB2O[C@@H]3C[C@@H]4C[C@@H](C4(C)C)[C@]3(C)O2)ccc(OC2CN(C(=O)CN=[N+]=[N-])C2)c1C(=O)OC(C)(C)C.Cc1c(CCB2O[C@@H]3C[C@@H]4C[C@@H](C4(C)C)[C@]3(C)O2)ccc(OC2CN(C(=O)Cn3nncc3CO)C2)c1C(=O)OC(C)(C)C. The number of carbonyl (C=O) groups excluding carboxylic acids is 4. The van der Waals surface area contributed by atoms with Gasteiger partial charge in [0.2, 0.25) is 11.8 Å². The average molecular weight is 1160 g/mol. The molecule has 5 heterocycles. The van der Waals surface area contributed by atoms with Crippen LogP contribution in [0.2, 0.25) is 12.6 Å². The van der Waals surface area contributed by atoms with Gasteiger partial charge in [0.15, 0.2) is 0 Å². The first-order chi connectivity index (χ1) is 39.4. The highest BCUT2D eigenvalue weighted by Crippen LogP contribution is 2.67. The molecule has 0 radical (unpaired) electrons. The number of aryl methyl sites for hydroxylation is 2. The molecule has 0 spiro atoms. The average Bonchev–Trinajstić information content (AvgIpc) is 1.36. The van der Waals surface area contributed by atoms with Crippen LogP contribution in [0.25, 0.3) is 10.4 Å². The molecular weight excluding hydrogens is 1070 g/mol. The van der Waals surface area contributed by atoms with Gasteiger partial charge < -0.3 is 52.5 Å². The predicted molar refractivity (Wildman–Crippen MR) is 312 cm³/mol. The maximum Gasteiger partial charge on any atom is 0.457 e. The number of aromatic nitrogens is 3. The summed E-state index contributed by atoms with van der Waals surface area (Å²) in [5, 5.41) is 20.3. The van der Waals surface area contributed by atoms with E-state index in [1.54, 1.807) is 9.80 Å². The summed E-state index contributed by atoms with van der Waals surface area (Å²) in [5.74, 6) is 2.06. The monoisotopic (exact) mass is 1160 g/mol. The lowest BCUT2D eigenvalue weighted by Gasteiger charge is -2.64. The van der Waals surface area contributed by atoms with Gasteiger partial charge in [-0.05, 0) is 195 Å². The fourth-order valence-corrected chi connectivity index (χ4v) is 14.8. The van der Waals surface area contributed by atoms with Crippen LogP contribution < -0.4 is 9.47 Å². The molecule has 2 aromatic carbocycles. The lowest BCUT2D eigenvalue weighted by atomic mass is 9.43. The quantitative estimate of drug-likeness (QED) is 0.0436. The molecule has 4 bridgehead atoms. The van der Waals surface area contributed by atoms with E-state index in [9.17, 15) is 24.3 Å². The molecular formula is C61H86B2N8O13. The van der Waals surface area contributed by atoms with Crippen LogP contribution in [0.5, 0.6) is 11.5 Å². The van der Waals surface area contributed by atoms with Crippen molar-refractivity contribution in [3.8, 4) is 11.5 Å². The Labute approximate surface area is 494 Å². The van der Waals surface area contributed by atoms with Gasteiger partial charge in [-0.3, -0.25) is 9.59 Å². The second-order valence-corrected chi connectivity index (χ2v) is 28.3. The van der Waals surface area contributed by atoms with Gasteiger partial charge in [-0.25, -0.2) is 14.3 Å². The van der Waals surface area contributed by atoms with Gasteiger partial charge in [0.1, 0.15) is 59.1 Å². The van der Waals surface area contributed by atoms with Gasteiger partial charge in [0.25, 0.3) is 0 Å². The van der Waals surface area contributed by atoms with Gasteiger partial charge in [-0.1, -0.05) is 50.2 Å². The molecule has 4 aliphatic heterocycles. The minimum absolute atomic E-state index is 0.00705. The van der Waals surface area contributed by atoms with E-state index in [4.69, 9.17) is 43.1 Å². The van der Waals surface area contributed by atoms with E-state index in [0.717, 1.165) is 35.1 Å². The third-order valence-corrected chi connectivity index (χ3v) is 20.0. The Morgan fingerprint density at radius 1 is 0.702 bits per heavy atom. The number of ether oxygens (including phenoxy) is 4. The number of rotatable bonds is 17. The van der Waals surface area contributed by atoms with Crippen molar-refractivity contribution in [3.63, 3.8) is 0 Å². The molecule has 4 saturated heterocycles. The molecule has 84 heavy (non-hydrogen) atoms. The lowest BCUT2D eigenvalue weighted by Crippen LogP contribution is -2.65. The van der Waals surface area contributed by atoms with Crippen LogP contribution >= 0.6 is 0 Å². The van der Waals surface area contributed by atoms with Crippen molar-refractivity contribution >= 4 is 38.0 Å². The zero-order valence-corrected chi connectivity index (χ0v) is 51.7. The minimum Gasteiger partial charge on any atom is -0.486 e. The van der Waals surface area contributed by atoms with E-state index >= 15 is 0 Å². The number of esters is 2. The third kappa shape index (κ3) is 11.9. The van der Waals surface area contributed by atoms with Crippen LogP contribution in [0, 0.1) is 48.3 Å². The smallest absolute Gasteiger partial charge is 0.457 e. The second kappa shape index (κ2) is 22.9. The molecule has 3 aromatic rings. The van der Waals surface area contributed by atoms with Crippen LogP contribution in [0.3, 0.4) is 0 Å². The van der Waals surface area contributed by atoms with Gasteiger partial charge in [0.05, 0.1) is 68.1 Å². The Balaban J connectivity index is 0.000000188. The molecule has 6 saturated carbocycles. The molecule has 10 aliphatic rings. The van der Waals surface area contributed by atoms with E-state index in [-0.39, 0.29) is 81.4 Å². The van der Waals surface area contributed by atoms with Crippen molar-refractivity contribution in [3.05, 3.63) is 80.0 Å². The molecule has 8 atom stereocenters. The van der Waals surface area contributed by atoms with Crippen molar-refractivity contribution in [1.82, 2.24) is 24.8 Å². The van der Waals surface area contributed by atoms with Crippen LogP contribution in [-0.2, 0) is 63.7 Å². The van der Waals surface area contributed by atoms with E-state index in [2.05, 4.69) is 61.9 Å². The number of amides is 2.